The average Bonchev–Trinajstić information content (AvgIpc) is 2.53. The van der Waals surface area contributed by atoms with Crippen molar-refractivity contribution in [1.82, 2.24) is 5.32 Å². The summed E-state index contributed by atoms with van der Waals surface area (Å²) in [4.78, 5) is 23.1. The predicted molar refractivity (Wildman–Crippen MR) is 92.5 cm³/mol. The van der Waals surface area contributed by atoms with Gasteiger partial charge in [0.2, 0.25) is 0 Å². The van der Waals surface area contributed by atoms with Crippen LogP contribution in [0, 0.1) is 0 Å². The van der Waals surface area contributed by atoms with Gasteiger partial charge in [-0.05, 0) is 42.3 Å². The average molecular weight is 368 g/mol. The molecule has 24 heavy (non-hydrogen) atoms. The number of amides is 1. The summed E-state index contributed by atoms with van der Waals surface area (Å²) in [6, 6.07) is 9.44. The lowest BCUT2D eigenvalue weighted by atomic mass is 10.1. The number of carboxylic acid groups (broad SMARTS) is 1. The Balaban J connectivity index is 1.99. The first-order valence-corrected chi connectivity index (χ1v) is 7.81. The number of benzene rings is 2. The Morgan fingerprint density at radius 2 is 1.79 bits per heavy atom. The van der Waals surface area contributed by atoms with Crippen molar-refractivity contribution in [3.63, 3.8) is 0 Å². The van der Waals surface area contributed by atoms with E-state index in [2.05, 4.69) is 5.32 Å². The lowest BCUT2D eigenvalue weighted by Crippen LogP contribution is -2.25. The van der Waals surface area contributed by atoms with Crippen molar-refractivity contribution in [3.05, 3.63) is 63.1 Å². The zero-order valence-corrected chi connectivity index (χ0v) is 14.3. The molecule has 2 rings (SSSR count). The molecule has 0 unspecified atom stereocenters. The number of halogens is 2. The van der Waals surface area contributed by atoms with E-state index in [1.54, 1.807) is 18.2 Å². The molecule has 126 valence electrons. The van der Waals surface area contributed by atoms with Crippen molar-refractivity contribution in [2.45, 2.75) is 6.42 Å². The van der Waals surface area contributed by atoms with E-state index < -0.39 is 5.97 Å². The normalized spacial score (nSPS) is 10.3. The van der Waals surface area contributed by atoms with E-state index in [0.717, 1.165) is 5.56 Å². The van der Waals surface area contributed by atoms with Crippen LogP contribution in [0.4, 0.5) is 0 Å². The van der Waals surface area contributed by atoms with Crippen LogP contribution in [0.15, 0.2) is 36.4 Å². The molecule has 1 amide bonds. The Morgan fingerprint density at radius 1 is 1.12 bits per heavy atom. The molecule has 0 aliphatic heterocycles. The molecule has 0 bridgehead atoms. The SMILES string of the molecule is COc1cc(CCNC(=O)c2cc(Cl)cc(Cl)c2)ccc1C(=O)O. The molecule has 0 heterocycles. The molecule has 5 nitrogen and oxygen atoms in total. The number of ether oxygens (including phenoxy) is 1. The van der Waals surface area contributed by atoms with Gasteiger partial charge in [-0.2, -0.15) is 0 Å². The zero-order chi connectivity index (χ0) is 17.7. The van der Waals surface area contributed by atoms with Gasteiger partial charge in [0.1, 0.15) is 11.3 Å². The van der Waals surface area contributed by atoms with Gasteiger partial charge < -0.3 is 15.2 Å². The topological polar surface area (TPSA) is 75.6 Å². The summed E-state index contributed by atoms with van der Waals surface area (Å²) in [6.07, 6.45) is 0.524. The number of carbonyl (C=O) groups is 2. The largest absolute Gasteiger partial charge is 0.496 e. The van der Waals surface area contributed by atoms with Crippen molar-refractivity contribution in [2.24, 2.45) is 0 Å². The monoisotopic (exact) mass is 367 g/mol. The second-order valence-corrected chi connectivity index (χ2v) is 5.88. The van der Waals surface area contributed by atoms with Crippen molar-refractivity contribution < 1.29 is 19.4 Å². The molecule has 0 aliphatic rings. The third-order valence-corrected chi connectivity index (χ3v) is 3.76. The summed E-state index contributed by atoms with van der Waals surface area (Å²) in [5.41, 5.74) is 1.33. The third kappa shape index (κ3) is 4.63. The number of methoxy groups -OCH3 is 1. The first kappa shape index (κ1) is 18.1. The van der Waals surface area contributed by atoms with Crippen LogP contribution in [0.1, 0.15) is 26.3 Å². The fourth-order valence-electron chi connectivity index (χ4n) is 2.18. The van der Waals surface area contributed by atoms with E-state index in [-0.39, 0.29) is 17.2 Å². The minimum absolute atomic E-state index is 0.0962. The van der Waals surface area contributed by atoms with Gasteiger partial charge in [0.15, 0.2) is 0 Å². The van der Waals surface area contributed by atoms with E-state index in [0.29, 0.717) is 28.6 Å². The Morgan fingerprint density at radius 3 is 2.38 bits per heavy atom. The summed E-state index contributed by atoms with van der Waals surface area (Å²) in [5, 5.41) is 12.6. The molecule has 0 radical (unpaired) electrons. The fourth-order valence-corrected chi connectivity index (χ4v) is 2.70. The van der Waals surface area contributed by atoms with Crippen molar-refractivity contribution >= 4 is 35.1 Å². The standard InChI is InChI=1S/C17H15Cl2NO4/c1-24-15-6-10(2-3-14(15)17(22)23)4-5-20-16(21)11-7-12(18)9-13(19)8-11/h2-3,6-9H,4-5H2,1H3,(H,20,21)(H,22,23). The highest BCUT2D eigenvalue weighted by molar-refractivity contribution is 6.35. The first-order chi connectivity index (χ1) is 11.4. The lowest BCUT2D eigenvalue weighted by Gasteiger charge is -2.09. The summed E-state index contributed by atoms with van der Waals surface area (Å²) in [7, 11) is 1.41. The molecule has 0 atom stereocenters. The van der Waals surface area contributed by atoms with Crippen molar-refractivity contribution in [3.8, 4) is 5.75 Å². The highest BCUT2D eigenvalue weighted by Gasteiger charge is 2.12. The molecular formula is C17H15Cl2NO4. The summed E-state index contributed by atoms with van der Waals surface area (Å²) >= 11 is 11.7. The van der Waals surface area contributed by atoms with Crippen LogP contribution < -0.4 is 10.1 Å². The maximum atomic E-state index is 12.1. The minimum Gasteiger partial charge on any atom is -0.496 e. The van der Waals surface area contributed by atoms with Crippen LogP contribution in [-0.2, 0) is 6.42 Å². The molecular weight excluding hydrogens is 353 g/mol. The second kappa shape index (κ2) is 8.04. The summed E-state index contributed by atoms with van der Waals surface area (Å²) < 4.78 is 5.07. The second-order valence-electron chi connectivity index (χ2n) is 5.00. The highest BCUT2D eigenvalue weighted by atomic mass is 35.5. The molecule has 7 heteroatoms. The third-order valence-electron chi connectivity index (χ3n) is 3.32. The van der Waals surface area contributed by atoms with Crippen LogP contribution in [0.25, 0.3) is 0 Å². The maximum absolute atomic E-state index is 12.1. The van der Waals surface area contributed by atoms with Crippen molar-refractivity contribution in [2.75, 3.05) is 13.7 Å². The quantitative estimate of drug-likeness (QED) is 0.816. The number of carboxylic acids is 1. The first-order valence-electron chi connectivity index (χ1n) is 7.05. The van der Waals surface area contributed by atoms with E-state index in [1.807, 2.05) is 0 Å². The van der Waals surface area contributed by atoms with Gasteiger partial charge in [-0.15, -0.1) is 0 Å². The van der Waals surface area contributed by atoms with Crippen LogP contribution in [0.2, 0.25) is 10.0 Å². The molecule has 2 aromatic carbocycles. The van der Waals surface area contributed by atoms with E-state index in [1.165, 1.54) is 25.3 Å². The Labute approximate surface area is 149 Å². The Bertz CT molecular complexity index is 757. The molecule has 0 aliphatic carbocycles. The van der Waals surface area contributed by atoms with Gasteiger partial charge in [0.25, 0.3) is 5.91 Å². The zero-order valence-electron chi connectivity index (χ0n) is 12.8. The van der Waals surface area contributed by atoms with Crippen LogP contribution in [-0.4, -0.2) is 30.6 Å². The predicted octanol–water partition coefficient (Wildman–Crippen LogP) is 3.67. The molecule has 0 spiro atoms. The smallest absolute Gasteiger partial charge is 0.339 e. The summed E-state index contributed by atoms with van der Waals surface area (Å²) in [6.45, 7) is 0.374. The number of aromatic carboxylic acids is 1. The Hall–Kier alpha value is -2.24. The van der Waals surface area contributed by atoms with Gasteiger partial charge >= 0.3 is 5.97 Å². The van der Waals surface area contributed by atoms with Crippen molar-refractivity contribution in [1.29, 1.82) is 0 Å². The number of hydrogen-bond donors (Lipinski definition) is 2. The van der Waals surface area contributed by atoms with Gasteiger partial charge in [-0.1, -0.05) is 29.3 Å². The fraction of sp³-hybridized carbons (Fsp3) is 0.176. The molecule has 0 saturated heterocycles. The highest BCUT2D eigenvalue weighted by Crippen LogP contribution is 2.21. The Kier molecular flexibility index (Phi) is 6.06. The summed E-state index contributed by atoms with van der Waals surface area (Å²) in [5.74, 6) is -1.05. The van der Waals surface area contributed by atoms with Gasteiger partial charge in [0.05, 0.1) is 7.11 Å². The number of rotatable bonds is 6. The number of hydrogen-bond acceptors (Lipinski definition) is 3. The molecule has 2 N–H and O–H groups in total. The molecule has 0 aromatic heterocycles. The number of nitrogens with one attached hydrogen (secondary N) is 1. The molecule has 2 aromatic rings. The van der Waals surface area contributed by atoms with Gasteiger partial charge in [-0.3, -0.25) is 4.79 Å². The maximum Gasteiger partial charge on any atom is 0.339 e. The van der Waals surface area contributed by atoms with E-state index in [4.69, 9.17) is 33.0 Å². The molecule has 0 saturated carbocycles. The molecule has 0 fully saturated rings. The van der Waals surface area contributed by atoms with Crippen LogP contribution in [0.5, 0.6) is 5.75 Å². The minimum atomic E-state index is -1.05. The van der Waals surface area contributed by atoms with Crippen LogP contribution >= 0.6 is 23.2 Å². The number of carbonyl (C=O) groups excluding carboxylic acids is 1. The van der Waals surface area contributed by atoms with Crippen LogP contribution in [0.3, 0.4) is 0 Å². The lowest BCUT2D eigenvalue weighted by molar-refractivity contribution is 0.0693. The van der Waals surface area contributed by atoms with E-state index >= 15 is 0 Å². The van der Waals surface area contributed by atoms with Gasteiger partial charge in [-0.25, -0.2) is 4.79 Å². The van der Waals surface area contributed by atoms with E-state index in [9.17, 15) is 9.59 Å². The van der Waals surface area contributed by atoms with Gasteiger partial charge in [0, 0.05) is 22.2 Å².